The highest BCUT2D eigenvalue weighted by Gasteiger charge is 2.17. The predicted molar refractivity (Wildman–Crippen MR) is 132 cm³/mol. The van der Waals surface area contributed by atoms with Crippen molar-refractivity contribution >= 4 is 35.0 Å². The van der Waals surface area contributed by atoms with Gasteiger partial charge in [-0.3, -0.25) is 9.59 Å². The number of carbonyl (C=O) groups is 2. The highest BCUT2D eigenvalue weighted by atomic mass is 32.2. The summed E-state index contributed by atoms with van der Waals surface area (Å²) in [5.41, 5.74) is 3.78. The number of amides is 2. The number of thioether (sulfide) groups is 1. The van der Waals surface area contributed by atoms with Crippen molar-refractivity contribution in [1.82, 2.24) is 0 Å². The molecule has 0 aliphatic rings. The van der Waals surface area contributed by atoms with Crippen LogP contribution in [-0.2, 0) is 16.0 Å². The zero-order chi connectivity index (χ0) is 22.9. The topological polar surface area (TPSA) is 67.4 Å². The molecule has 5 nitrogen and oxygen atoms in total. The van der Waals surface area contributed by atoms with E-state index in [1.807, 2.05) is 74.5 Å². The van der Waals surface area contributed by atoms with Gasteiger partial charge in [-0.15, -0.1) is 11.8 Å². The number of aryl methyl sites for hydroxylation is 2. The van der Waals surface area contributed by atoms with Crippen LogP contribution in [0, 0.1) is 6.92 Å². The minimum atomic E-state index is -0.265. The number of carbonyl (C=O) groups excluding carboxylic acids is 2. The van der Waals surface area contributed by atoms with Crippen LogP contribution in [0.15, 0.2) is 77.7 Å². The van der Waals surface area contributed by atoms with Crippen LogP contribution in [0.1, 0.15) is 25.0 Å². The zero-order valence-corrected chi connectivity index (χ0v) is 19.4. The smallest absolute Gasteiger partial charge is 0.262 e. The van der Waals surface area contributed by atoms with Crippen LogP contribution in [0.4, 0.5) is 11.4 Å². The SMILES string of the molecule is CCc1cccc(C)c1NC(=O)C(C)Sc1ccc(NC(=O)COc2ccccc2)cc1. The van der Waals surface area contributed by atoms with Crippen molar-refractivity contribution in [2.24, 2.45) is 0 Å². The summed E-state index contributed by atoms with van der Waals surface area (Å²) in [5.74, 6) is 0.389. The molecule has 3 aromatic carbocycles. The normalized spacial score (nSPS) is 11.5. The largest absolute Gasteiger partial charge is 0.484 e. The molecule has 3 rings (SSSR count). The molecule has 166 valence electrons. The molecule has 0 spiro atoms. The lowest BCUT2D eigenvalue weighted by molar-refractivity contribution is -0.118. The van der Waals surface area contributed by atoms with Crippen LogP contribution in [-0.4, -0.2) is 23.7 Å². The van der Waals surface area contributed by atoms with E-state index in [9.17, 15) is 9.59 Å². The predicted octanol–water partition coefficient (Wildman–Crippen LogP) is 5.69. The molecule has 0 saturated carbocycles. The first-order chi connectivity index (χ1) is 15.5. The molecular weight excluding hydrogens is 420 g/mol. The number of hydrogen-bond acceptors (Lipinski definition) is 4. The minimum absolute atomic E-state index is 0.0329. The van der Waals surface area contributed by atoms with Crippen molar-refractivity contribution in [1.29, 1.82) is 0 Å². The summed E-state index contributed by atoms with van der Waals surface area (Å²) in [6, 6.07) is 22.7. The second-order valence-electron chi connectivity index (χ2n) is 7.39. The van der Waals surface area contributed by atoms with Gasteiger partial charge in [-0.05, 0) is 67.8 Å². The first-order valence-corrected chi connectivity index (χ1v) is 11.5. The summed E-state index contributed by atoms with van der Waals surface area (Å²) >= 11 is 1.48. The van der Waals surface area contributed by atoms with Gasteiger partial charge in [-0.25, -0.2) is 0 Å². The van der Waals surface area contributed by atoms with E-state index in [0.717, 1.165) is 28.1 Å². The summed E-state index contributed by atoms with van der Waals surface area (Å²) in [6.45, 7) is 5.91. The third-order valence-corrected chi connectivity index (χ3v) is 6.03. The van der Waals surface area contributed by atoms with Crippen LogP contribution in [0.3, 0.4) is 0 Å². The Kier molecular flexibility index (Phi) is 8.34. The Bertz CT molecular complexity index is 1050. The van der Waals surface area contributed by atoms with Crippen molar-refractivity contribution in [3.8, 4) is 5.75 Å². The van der Waals surface area contributed by atoms with Gasteiger partial charge in [0, 0.05) is 16.3 Å². The quantitative estimate of drug-likeness (QED) is 0.413. The van der Waals surface area contributed by atoms with Crippen LogP contribution >= 0.6 is 11.8 Å². The Morgan fingerprint density at radius 2 is 1.66 bits per heavy atom. The molecule has 32 heavy (non-hydrogen) atoms. The average Bonchev–Trinajstić information content (AvgIpc) is 2.81. The maximum atomic E-state index is 12.7. The number of ether oxygens (including phenoxy) is 1. The lowest BCUT2D eigenvalue weighted by Gasteiger charge is -2.16. The molecule has 0 fully saturated rings. The highest BCUT2D eigenvalue weighted by molar-refractivity contribution is 8.00. The van der Waals surface area contributed by atoms with Crippen molar-refractivity contribution < 1.29 is 14.3 Å². The summed E-state index contributed by atoms with van der Waals surface area (Å²) in [4.78, 5) is 25.8. The Balaban J connectivity index is 1.51. The molecule has 6 heteroatoms. The van der Waals surface area contributed by atoms with Gasteiger partial charge in [-0.2, -0.15) is 0 Å². The lowest BCUT2D eigenvalue weighted by atomic mass is 10.1. The van der Waals surface area contributed by atoms with Gasteiger partial charge in [0.25, 0.3) is 5.91 Å². The van der Waals surface area contributed by atoms with Gasteiger partial charge in [0.1, 0.15) is 5.75 Å². The molecule has 0 aliphatic heterocycles. The Morgan fingerprint density at radius 3 is 2.34 bits per heavy atom. The first-order valence-electron chi connectivity index (χ1n) is 10.6. The van der Waals surface area contributed by atoms with E-state index in [2.05, 4.69) is 17.6 Å². The Morgan fingerprint density at radius 1 is 0.938 bits per heavy atom. The summed E-state index contributed by atoms with van der Waals surface area (Å²) < 4.78 is 5.46. The Labute approximate surface area is 193 Å². The molecule has 0 saturated heterocycles. The lowest BCUT2D eigenvalue weighted by Crippen LogP contribution is -2.23. The van der Waals surface area contributed by atoms with Crippen LogP contribution in [0.5, 0.6) is 5.75 Å². The van der Waals surface area contributed by atoms with E-state index < -0.39 is 0 Å². The molecular formula is C26H28N2O3S. The standard InChI is InChI=1S/C26H28N2O3S/c1-4-20-10-8-9-18(2)25(20)28-26(30)19(3)32-23-15-13-21(14-16-23)27-24(29)17-31-22-11-6-5-7-12-22/h5-16,19H,4,17H2,1-3H3,(H,27,29)(H,28,30). The number of rotatable bonds is 9. The summed E-state index contributed by atoms with van der Waals surface area (Å²) in [5, 5.41) is 5.63. The number of nitrogens with one attached hydrogen (secondary N) is 2. The van der Waals surface area contributed by atoms with Crippen molar-refractivity contribution in [2.45, 2.75) is 37.3 Å². The van der Waals surface area contributed by atoms with E-state index in [4.69, 9.17) is 4.74 Å². The Hall–Kier alpha value is -3.25. The number of hydrogen-bond donors (Lipinski definition) is 2. The number of anilines is 2. The monoisotopic (exact) mass is 448 g/mol. The molecule has 1 atom stereocenters. The van der Waals surface area contributed by atoms with E-state index in [1.54, 1.807) is 12.1 Å². The fourth-order valence-electron chi connectivity index (χ4n) is 3.16. The zero-order valence-electron chi connectivity index (χ0n) is 18.6. The summed E-state index contributed by atoms with van der Waals surface area (Å²) in [6.07, 6.45) is 0.863. The molecule has 0 bridgehead atoms. The van der Waals surface area contributed by atoms with Gasteiger partial charge < -0.3 is 15.4 Å². The van der Waals surface area contributed by atoms with Crippen LogP contribution in [0.2, 0.25) is 0 Å². The molecule has 0 aliphatic carbocycles. The molecule has 0 radical (unpaired) electrons. The van der Waals surface area contributed by atoms with Gasteiger partial charge in [-0.1, -0.05) is 43.3 Å². The van der Waals surface area contributed by atoms with Gasteiger partial charge in [0.05, 0.1) is 5.25 Å². The van der Waals surface area contributed by atoms with Crippen molar-refractivity contribution in [2.75, 3.05) is 17.2 Å². The maximum absolute atomic E-state index is 12.7. The third-order valence-electron chi connectivity index (χ3n) is 4.92. The van der Waals surface area contributed by atoms with E-state index in [0.29, 0.717) is 11.4 Å². The first kappa shape index (κ1) is 23.4. The second kappa shape index (κ2) is 11.4. The highest BCUT2D eigenvalue weighted by Crippen LogP contribution is 2.27. The average molecular weight is 449 g/mol. The van der Waals surface area contributed by atoms with E-state index in [-0.39, 0.29) is 23.7 Å². The molecule has 0 heterocycles. The second-order valence-corrected chi connectivity index (χ2v) is 8.80. The third kappa shape index (κ3) is 6.62. The van der Waals surface area contributed by atoms with E-state index >= 15 is 0 Å². The maximum Gasteiger partial charge on any atom is 0.262 e. The molecule has 2 N–H and O–H groups in total. The van der Waals surface area contributed by atoms with Gasteiger partial charge in [0.2, 0.25) is 5.91 Å². The fraction of sp³-hybridized carbons (Fsp3) is 0.231. The van der Waals surface area contributed by atoms with Gasteiger partial charge in [0.15, 0.2) is 6.61 Å². The fourth-order valence-corrected chi connectivity index (χ4v) is 4.03. The minimum Gasteiger partial charge on any atom is -0.484 e. The van der Waals surface area contributed by atoms with Crippen LogP contribution in [0.25, 0.3) is 0 Å². The number of benzene rings is 3. The molecule has 3 aromatic rings. The van der Waals surface area contributed by atoms with Crippen LogP contribution < -0.4 is 15.4 Å². The molecule has 0 aromatic heterocycles. The molecule has 2 amide bonds. The van der Waals surface area contributed by atoms with Crippen molar-refractivity contribution in [3.63, 3.8) is 0 Å². The number of para-hydroxylation sites is 2. The molecule has 1 unspecified atom stereocenters. The van der Waals surface area contributed by atoms with Crippen molar-refractivity contribution in [3.05, 3.63) is 83.9 Å². The van der Waals surface area contributed by atoms with Gasteiger partial charge >= 0.3 is 0 Å². The summed E-state index contributed by atoms with van der Waals surface area (Å²) in [7, 11) is 0. The van der Waals surface area contributed by atoms with E-state index in [1.165, 1.54) is 11.8 Å².